The zero-order valence-corrected chi connectivity index (χ0v) is 15.5. The quantitative estimate of drug-likeness (QED) is 0.708. The average Bonchev–Trinajstić information content (AvgIpc) is 2.52. The van der Waals surface area contributed by atoms with Crippen molar-refractivity contribution < 1.29 is 23.5 Å². The molecule has 1 aliphatic rings. The standard InChI is InChI=1S/C19H24ClFO4/c1-11(2)13-8-7-12(3)9-16(13)25-17(22)10-24-19(23)18-14(20)5-4-6-15(18)21/h4-6,11-13,16H,7-10H2,1-3H3. The van der Waals surface area contributed by atoms with Crippen LogP contribution in [-0.2, 0) is 14.3 Å². The number of carbonyl (C=O) groups excluding carboxylic acids is 2. The van der Waals surface area contributed by atoms with Gasteiger partial charge in [0, 0.05) is 0 Å². The number of carbonyl (C=O) groups is 2. The number of hydrogen-bond donors (Lipinski definition) is 0. The van der Waals surface area contributed by atoms with E-state index in [9.17, 15) is 14.0 Å². The Hall–Kier alpha value is -1.62. The minimum Gasteiger partial charge on any atom is -0.460 e. The zero-order valence-electron chi connectivity index (χ0n) is 14.8. The maximum absolute atomic E-state index is 13.7. The highest BCUT2D eigenvalue weighted by Crippen LogP contribution is 2.35. The van der Waals surface area contributed by atoms with E-state index in [-0.39, 0.29) is 16.7 Å². The summed E-state index contributed by atoms with van der Waals surface area (Å²) < 4.78 is 24.1. The summed E-state index contributed by atoms with van der Waals surface area (Å²) in [5, 5.41) is -0.0562. The molecule has 1 aromatic carbocycles. The highest BCUT2D eigenvalue weighted by molar-refractivity contribution is 6.33. The predicted octanol–water partition coefficient (Wildman–Crippen LogP) is 4.64. The Balaban J connectivity index is 1.92. The summed E-state index contributed by atoms with van der Waals surface area (Å²) in [7, 11) is 0. The molecule has 1 aliphatic carbocycles. The predicted molar refractivity (Wildman–Crippen MR) is 92.9 cm³/mol. The fourth-order valence-electron chi connectivity index (χ4n) is 3.34. The average molecular weight is 371 g/mol. The maximum atomic E-state index is 13.7. The zero-order chi connectivity index (χ0) is 18.6. The third-order valence-electron chi connectivity index (χ3n) is 4.73. The van der Waals surface area contributed by atoms with Crippen molar-refractivity contribution in [2.45, 2.75) is 46.1 Å². The molecule has 6 heteroatoms. The Morgan fingerprint density at radius 1 is 1.32 bits per heavy atom. The van der Waals surface area contributed by atoms with Crippen molar-refractivity contribution >= 4 is 23.5 Å². The molecular formula is C19H24ClFO4. The van der Waals surface area contributed by atoms with Crippen LogP contribution in [0.3, 0.4) is 0 Å². The van der Waals surface area contributed by atoms with E-state index in [1.54, 1.807) is 0 Å². The molecule has 3 unspecified atom stereocenters. The molecule has 0 aromatic heterocycles. The highest BCUT2D eigenvalue weighted by atomic mass is 35.5. The topological polar surface area (TPSA) is 52.6 Å². The molecule has 2 rings (SSSR count). The molecule has 3 atom stereocenters. The summed E-state index contributed by atoms with van der Waals surface area (Å²) >= 11 is 5.81. The minimum absolute atomic E-state index is 0.0562. The van der Waals surface area contributed by atoms with Gasteiger partial charge in [0.25, 0.3) is 0 Å². The van der Waals surface area contributed by atoms with E-state index in [0.717, 1.165) is 25.3 Å². The number of halogens is 2. The van der Waals surface area contributed by atoms with Gasteiger partial charge in [0.05, 0.1) is 5.02 Å². The van der Waals surface area contributed by atoms with Crippen LogP contribution >= 0.6 is 11.6 Å². The third kappa shape index (κ3) is 5.18. The second-order valence-electron chi connectivity index (χ2n) is 7.03. The lowest BCUT2D eigenvalue weighted by molar-refractivity contribution is -0.159. The van der Waals surface area contributed by atoms with Crippen molar-refractivity contribution in [1.82, 2.24) is 0 Å². The van der Waals surface area contributed by atoms with Gasteiger partial charge in [-0.15, -0.1) is 0 Å². The SMILES string of the molecule is CC1CCC(C(C)C)C(OC(=O)COC(=O)c2c(F)cccc2Cl)C1. The summed E-state index contributed by atoms with van der Waals surface area (Å²) in [5.74, 6) is -1.18. The van der Waals surface area contributed by atoms with E-state index in [1.165, 1.54) is 12.1 Å². The van der Waals surface area contributed by atoms with E-state index in [2.05, 4.69) is 20.8 Å². The molecule has 4 nitrogen and oxygen atoms in total. The van der Waals surface area contributed by atoms with Crippen LogP contribution in [0.4, 0.5) is 4.39 Å². The summed E-state index contributed by atoms with van der Waals surface area (Å²) in [5.41, 5.74) is -0.372. The molecule has 0 saturated heterocycles. The first kappa shape index (κ1) is 19.7. The molecule has 138 valence electrons. The first-order chi connectivity index (χ1) is 11.8. The fourth-order valence-corrected chi connectivity index (χ4v) is 3.58. The fraction of sp³-hybridized carbons (Fsp3) is 0.579. The second-order valence-corrected chi connectivity index (χ2v) is 7.43. The van der Waals surface area contributed by atoms with E-state index >= 15 is 0 Å². The first-order valence-electron chi connectivity index (χ1n) is 8.60. The van der Waals surface area contributed by atoms with Crippen LogP contribution in [0.5, 0.6) is 0 Å². The summed E-state index contributed by atoms with van der Waals surface area (Å²) in [4.78, 5) is 24.0. The molecule has 0 N–H and O–H groups in total. The van der Waals surface area contributed by atoms with Crippen LogP contribution in [0.2, 0.25) is 5.02 Å². The number of ether oxygens (including phenoxy) is 2. The number of esters is 2. The van der Waals surface area contributed by atoms with Crippen LogP contribution in [0.15, 0.2) is 18.2 Å². The van der Waals surface area contributed by atoms with Gasteiger partial charge in [0.15, 0.2) is 6.61 Å². The van der Waals surface area contributed by atoms with E-state index < -0.39 is 24.4 Å². The third-order valence-corrected chi connectivity index (χ3v) is 5.05. The molecule has 25 heavy (non-hydrogen) atoms. The number of benzene rings is 1. The van der Waals surface area contributed by atoms with E-state index in [1.807, 2.05) is 0 Å². The lowest BCUT2D eigenvalue weighted by Gasteiger charge is -2.36. The molecule has 0 aliphatic heterocycles. The van der Waals surface area contributed by atoms with Gasteiger partial charge in [-0.3, -0.25) is 0 Å². The molecule has 1 saturated carbocycles. The van der Waals surface area contributed by atoms with Gasteiger partial charge in [-0.25, -0.2) is 14.0 Å². The highest BCUT2D eigenvalue weighted by Gasteiger charge is 2.33. The maximum Gasteiger partial charge on any atom is 0.344 e. The first-order valence-corrected chi connectivity index (χ1v) is 8.98. The van der Waals surface area contributed by atoms with Crippen LogP contribution in [0.25, 0.3) is 0 Å². The Kier molecular flexibility index (Phi) is 6.82. The minimum atomic E-state index is -0.975. The largest absolute Gasteiger partial charge is 0.460 e. The van der Waals surface area contributed by atoms with Crippen molar-refractivity contribution in [2.24, 2.45) is 17.8 Å². The van der Waals surface area contributed by atoms with Gasteiger partial charge in [-0.05, 0) is 42.7 Å². The van der Waals surface area contributed by atoms with Crippen LogP contribution in [0, 0.1) is 23.6 Å². The molecule has 0 bridgehead atoms. The van der Waals surface area contributed by atoms with E-state index in [4.69, 9.17) is 21.1 Å². The van der Waals surface area contributed by atoms with Crippen molar-refractivity contribution in [2.75, 3.05) is 6.61 Å². The summed E-state index contributed by atoms with van der Waals surface area (Å²) in [6.07, 6.45) is 2.77. The monoisotopic (exact) mass is 370 g/mol. The van der Waals surface area contributed by atoms with Gasteiger partial charge < -0.3 is 9.47 Å². The Bertz CT molecular complexity index is 612. The van der Waals surface area contributed by atoms with Gasteiger partial charge >= 0.3 is 11.9 Å². The Labute approximate surface area is 152 Å². The second kappa shape index (κ2) is 8.65. The Morgan fingerprint density at radius 3 is 2.68 bits per heavy atom. The van der Waals surface area contributed by atoms with Gasteiger partial charge in [0.1, 0.15) is 17.5 Å². The Morgan fingerprint density at radius 2 is 2.04 bits per heavy atom. The normalized spacial score (nSPS) is 23.4. The molecular weight excluding hydrogens is 347 g/mol. The summed E-state index contributed by atoms with van der Waals surface area (Å²) in [6.45, 7) is 5.81. The van der Waals surface area contributed by atoms with Crippen LogP contribution < -0.4 is 0 Å². The van der Waals surface area contributed by atoms with Crippen LogP contribution in [-0.4, -0.2) is 24.6 Å². The molecule has 1 aromatic rings. The van der Waals surface area contributed by atoms with Gasteiger partial charge in [-0.1, -0.05) is 44.9 Å². The van der Waals surface area contributed by atoms with Gasteiger partial charge in [0.2, 0.25) is 0 Å². The van der Waals surface area contributed by atoms with Crippen molar-refractivity contribution in [1.29, 1.82) is 0 Å². The number of rotatable bonds is 5. The van der Waals surface area contributed by atoms with Crippen molar-refractivity contribution in [3.8, 4) is 0 Å². The molecule has 0 amide bonds. The van der Waals surface area contributed by atoms with Crippen molar-refractivity contribution in [3.63, 3.8) is 0 Å². The lowest BCUT2D eigenvalue weighted by Crippen LogP contribution is -2.36. The summed E-state index contributed by atoms with van der Waals surface area (Å²) in [6, 6.07) is 3.88. The molecule has 0 radical (unpaired) electrons. The lowest BCUT2D eigenvalue weighted by atomic mass is 9.75. The van der Waals surface area contributed by atoms with Crippen LogP contribution in [0.1, 0.15) is 50.4 Å². The molecule has 1 fully saturated rings. The molecule has 0 spiro atoms. The van der Waals surface area contributed by atoms with E-state index in [0.29, 0.717) is 17.8 Å². The number of hydrogen-bond acceptors (Lipinski definition) is 4. The van der Waals surface area contributed by atoms with Crippen molar-refractivity contribution in [3.05, 3.63) is 34.6 Å². The van der Waals surface area contributed by atoms with Gasteiger partial charge in [-0.2, -0.15) is 0 Å². The molecule has 0 heterocycles. The smallest absolute Gasteiger partial charge is 0.344 e.